The summed E-state index contributed by atoms with van der Waals surface area (Å²) in [5.74, 6) is 0.295. The highest BCUT2D eigenvalue weighted by Crippen LogP contribution is 2.28. The summed E-state index contributed by atoms with van der Waals surface area (Å²) in [6.07, 6.45) is 7.42. The van der Waals surface area contributed by atoms with Crippen molar-refractivity contribution in [1.82, 2.24) is 4.98 Å². The Kier molecular flexibility index (Phi) is 2.99. The van der Waals surface area contributed by atoms with Crippen molar-refractivity contribution >= 4 is 22.9 Å². The predicted molar refractivity (Wildman–Crippen MR) is 78.8 cm³/mol. The SMILES string of the molecule is Oc1ccc2ccccc2c1/C=C/c1ccncc1. The maximum Gasteiger partial charge on any atom is 0.123 e. The van der Waals surface area contributed by atoms with Crippen LogP contribution in [-0.4, -0.2) is 10.1 Å². The van der Waals surface area contributed by atoms with Crippen LogP contribution in [0.1, 0.15) is 11.1 Å². The molecule has 1 heterocycles. The Morgan fingerprint density at radius 1 is 0.842 bits per heavy atom. The van der Waals surface area contributed by atoms with E-state index in [2.05, 4.69) is 4.98 Å². The number of pyridine rings is 1. The van der Waals surface area contributed by atoms with Crippen LogP contribution in [0.25, 0.3) is 22.9 Å². The van der Waals surface area contributed by atoms with Gasteiger partial charge in [0.2, 0.25) is 0 Å². The smallest absolute Gasteiger partial charge is 0.123 e. The van der Waals surface area contributed by atoms with Crippen LogP contribution in [0.3, 0.4) is 0 Å². The number of hydrogen-bond donors (Lipinski definition) is 1. The average Bonchev–Trinajstić information content (AvgIpc) is 2.47. The molecule has 1 aromatic heterocycles. The van der Waals surface area contributed by atoms with Crippen LogP contribution in [-0.2, 0) is 0 Å². The van der Waals surface area contributed by atoms with Gasteiger partial charge in [0.25, 0.3) is 0 Å². The lowest BCUT2D eigenvalue weighted by molar-refractivity contribution is 0.475. The number of phenols is 1. The van der Waals surface area contributed by atoms with Crippen molar-refractivity contribution < 1.29 is 5.11 Å². The normalized spacial score (nSPS) is 11.2. The zero-order valence-corrected chi connectivity index (χ0v) is 10.3. The van der Waals surface area contributed by atoms with E-state index in [0.29, 0.717) is 5.75 Å². The van der Waals surface area contributed by atoms with Gasteiger partial charge in [0.15, 0.2) is 0 Å². The molecule has 0 saturated heterocycles. The summed E-state index contributed by atoms with van der Waals surface area (Å²) in [5.41, 5.74) is 1.90. The van der Waals surface area contributed by atoms with Crippen LogP contribution in [0.15, 0.2) is 60.9 Å². The summed E-state index contributed by atoms with van der Waals surface area (Å²) in [4.78, 5) is 3.98. The van der Waals surface area contributed by atoms with Crippen LogP contribution < -0.4 is 0 Å². The van der Waals surface area contributed by atoms with E-state index >= 15 is 0 Å². The first-order chi connectivity index (χ1) is 9.34. The molecule has 92 valence electrons. The van der Waals surface area contributed by atoms with E-state index < -0.39 is 0 Å². The number of aromatic nitrogens is 1. The van der Waals surface area contributed by atoms with Gasteiger partial charge in [-0.2, -0.15) is 0 Å². The first-order valence-electron chi connectivity index (χ1n) is 6.13. The first kappa shape index (κ1) is 11.5. The lowest BCUT2D eigenvalue weighted by atomic mass is 10.0. The second-order valence-corrected chi connectivity index (χ2v) is 4.33. The quantitative estimate of drug-likeness (QED) is 0.739. The monoisotopic (exact) mass is 247 g/mol. The Morgan fingerprint density at radius 3 is 2.47 bits per heavy atom. The Morgan fingerprint density at radius 2 is 1.63 bits per heavy atom. The zero-order valence-electron chi connectivity index (χ0n) is 10.3. The van der Waals surface area contributed by atoms with Crippen LogP contribution in [0.4, 0.5) is 0 Å². The number of nitrogens with zero attached hydrogens (tertiary/aromatic N) is 1. The molecule has 0 radical (unpaired) electrons. The van der Waals surface area contributed by atoms with Crippen molar-refractivity contribution in [3.05, 3.63) is 72.1 Å². The third-order valence-electron chi connectivity index (χ3n) is 3.10. The highest BCUT2D eigenvalue weighted by atomic mass is 16.3. The topological polar surface area (TPSA) is 33.1 Å². The van der Waals surface area contributed by atoms with Gasteiger partial charge in [-0.05, 0) is 34.5 Å². The van der Waals surface area contributed by atoms with Crippen molar-refractivity contribution in [3.63, 3.8) is 0 Å². The Bertz CT molecular complexity index is 733. The molecule has 0 aliphatic rings. The van der Waals surface area contributed by atoms with Crippen molar-refractivity contribution in [2.75, 3.05) is 0 Å². The Labute approximate surface area is 111 Å². The summed E-state index contributed by atoms with van der Waals surface area (Å²) >= 11 is 0. The van der Waals surface area contributed by atoms with E-state index in [1.807, 2.05) is 54.6 Å². The molecule has 0 aliphatic carbocycles. The Hall–Kier alpha value is -2.61. The summed E-state index contributed by atoms with van der Waals surface area (Å²) in [5, 5.41) is 12.2. The van der Waals surface area contributed by atoms with Gasteiger partial charge in [-0.25, -0.2) is 0 Å². The van der Waals surface area contributed by atoms with Crippen molar-refractivity contribution in [2.45, 2.75) is 0 Å². The maximum absolute atomic E-state index is 10.0. The number of benzene rings is 2. The zero-order chi connectivity index (χ0) is 13.1. The minimum absolute atomic E-state index is 0.295. The molecule has 2 heteroatoms. The van der Waals surface area contributed by atoms with E-state index in [1.54, 1.807) is 18.5 Å². The fraction of sp³-hybridized carbons (Fsp3) is 0. The van der Waals surface area contributed by atoms with Gasteiger partial charge in [0, 0.05) is 18.0 Å². The number of fused-ring (bicyclic) bond motifs is 1. The summed E-state index contributed by atoms with van der Waals surface area (Å²) < 4.78 is 0. The molecular formula is C17H13NO. The average molecular weight is 247 g/mol. The molecule has 1 N–H and O–H groups in total. The third-order valence-corrected chi connectivity index (χ3v) is 3.10. The Balaban J connectivity index is 2.10. The first-order valence-corrected chi connectivity index (χ1v) is 6.13. The van der Waals surface area contributed by atoms with Crippen LogP contribution in [0, 0.1) is 0 Å². The molecule has 2 nitrogen and oxygen atoms in total. The van der Waals surface area contributed by atoms with Crippen LogP contribution in [0.5, 0.6) is 5.75 Å². The molecule has 0 bridgehead atoms. The fourth-order valence-corrected chi connectivity index (χ4v) is 2.11. The molecule has 0 spiro atoms. The van der Waals surface area contributed by atoms with Crippen LogP contribution in [0.2, 0.25) is 0 Å². The molecule has 0 aliphatic heterocycles. The molecule has 0 saturated carbocycles. The molecule has 19 heavy (non-hydrogen) atoms. The standard InChI is InChI=1S/C17H13NO/c19-17-8-6-14-3-1-2-4-15(14)16(17)7-5-13-9-11-18-12-10-13/h1-12,19H/b7-5+. The maximum atomic E-state index is 10.0. The second kappa shape index (κ2) is 4.94. The van der Waals surface area contributed by atoms with Crippen molar-refractivity contribution in [1.29, 1.82) is 0 Å². The van der Waals surface area contributed by atoms with E-state index in [0.717, 1.165) is 21.9 Å². The van der Waals surface area contributed by atoms with Gasteiger partial charge in [0.05, 0.1) is 0 Å². The molecule has 0 unspecified atom stereocenters. The fourth-order valence-electron chi connectivity index (χ4n) is 2.11. The van der Waals surface area contributed by atoms with E-state index in [4.69, 9.17) is 0 Å². The van der Waals surface area contributed by atoms with E-state index in [-0.39, 0.29) is 0 Å². The largest absolute Gasteiger partial charge is 0.507 e. The van der Waals surface area contributed by atoms with Gasteiger partial charge in [-0.15, -0.1) is 0 Å². The number of hydrogen-bond acceptors (Lipinski definition) is 2. The van der Waals surface area contributed by atoms with Gasteiger partial charge in [-0.1, -0.05) is 42.5 Å². The van der Waals surface area contributed by atoms with E-state index in [1.165, 1.54) is 0 Å². The molecule has 0 atom stereocenters. The van der Waals surface area contributed by atoms with Gasteiger partial charge in [0.1, 0.15) is 5.75 Å². The van der Waals surface area contributed by atoms with Gasteiger partial charge in [-0.3, -0.25) is 4.98 Å². The molecule has 0 fully saturated rings. The highest BCUT2D eigenvalue weighted by molar-refractivity contribution is 5.95. The van der Waals surface area contributed by atoms with Crippen molar-refractivity contribution in [3.8, 4) is 5.75 Å². The number of phenolic OH excluding ortho intramolecular Hbond substituents is 1. The molecule has 2 aromatic carbocycles. The predicted octanol–water partition coefficient (Wildman–Crippen LogP) is 4.11. The molecular weight excluding hydrogens is 234 g/mol. The minimum Gasteiger partial charge on any atom is -0.507 e. The molecule has 0 amide bonds. The highest BCUT2D eigenvalue weighted by Gasteiger charge is 2.03. The number of aromatic hydroxyl groups is 1. The lowest BCUT2D eigenvalue weighted by Crippen LogP contribution is -1.80. The second-order valence-electron chi connectivity index (χ2n) is 4.33. The third kappa shape index (κ3) is 2.33. The minimum atomic E-state index is 0.295. The molecule has 3 rings (SSSR count). The number of rotatable bonds is 2. The van der Waals surface area contributed by atoms with Crippen LogP contribution >= 0.6 is 0 Å². The van der Waals surface area contributed by atoms with Gasteiger partial charge >= 0.3 is 0 Å². The summed E-state index contributed by atoms with van der Waals surface area (Å²) in [6, 6.07) is 15.5. The summed E-state index contributed by atoms with van der Waals surface area (Å²) in [6.45, 7) is 0. The van der Waals surface area contributed by atoms with Gasteiger partial charge < -0.3 is 5.11 Å². The molecule has 3 aromatic rings. The van der Waals surface area contributed by atoms with Crippen molar-refractivity contribution in [2.24, 2.45) is 0 Å². The van der Waals surface area contributed by atoms with E-state index in [9.17, 15) is 5.11 Å². The lowest BCUT2D eigenvalue weighted by Gasteiger charge is -2.05. The summed E-state index contributed by atoms with van der Waals surface area (Å²) in [7, 11) is 0.